The molecule has 1 fully saturated rings. The molecule has 0 aliphatic carbocycles. The first-order valence-corrected chi connectivity index (χ1v) is 7.47. The largest absolute Gasteiger partial charge is 0.394 e. The molecule has 0 spiro atoms. The molecule has 1 aromatic rings. The number of aryl methyl sites for hydroxylation is 1. The number of carbonyl (C=O) groups is 1. The van der Waals surface area contributed by atoms with E-state index in [4.69, 9.17) is 4.74 Å². The van der Waals surface area contributed by atoms with Gasteiger partial charge in [0, 0.05) is 6.54 Å². The zero-order valence-corrected chi connectivity index (χ0v) is 13.3. The summed E-state index contributed by atoms with van der Waals surface area (Å²) in [6.07, 6.45) is -0.279. The number of aliphatic hydroxyl groups excluding tert-OH is 1. The molecule has 0 bridgehead atoms. The second kappa shape index (κ2) is 6.16. The molecule has 21 heavy (non-hydrogen) atoms. The second-order valence-corrected chi connectivity index (χ2v) is 6.44. The Morgan fingerprint density at radius 2 is 2.00 bits per heavy atom. The number of amides is 1. The molecule has 4 heteroatoms. The molecule has 1 aliphatic heterocycles. The summed E-state index contributed by atoms with van der Waals surface area (Å²) in [7, 11) is 0. The summed E-state index contributed by atoms with van der Waals surface area (Å²) < 4.78 is 5.51. The van der Waals surface area contributed by atoms with E-state index in [9.17, 15) is 9.90 Å². The normalized spacial score (nSPS) is 23.2. The minimum Gasteiger partial charge on any atom is -0.394 e. The van der Waals surface area contributed by atoms with Gasteiger partial charge in [0.2, 0.25) is 5.91 Å². The van der Waals surface area contributed by atoms with Crippen LogP contribution in [0.15, 0.2) is 24.3 Å². The maximum atomic E-state index is 13.0. The number of aliphatic hydroxyl groups is 1. The molecule has 1 aromatic carbocycles. The first kappa shape index (κ1) is 16.0. The Balaban J connectivity index is 2.22. The van der Waals surface area contributed by atoms with Crippen molar-refractivity contribution in [2.75, 3.05) is 19.8 Å². The van der Waals surface area contributed by atoms with Gasteiger partial charge in [-0.05, 0) is 33.3 Å². The first-order valence-electron chi connectivity index (χ1n) is 7.47. The molecule has 1 aliphatic rings. The highest BCUT2D eigenvalue weighted by atomic mass is 16.5. The van der Waals surface area contributed by atoms with Crippen LogP contribution in [0.4, 0.5) is 0 Å². The molecule has 1 N–H and O–H groups in total. The quantitative estimate of drug-likeness (QED) is 0.925. The van der Waals surface area contributed by atoms with Gasteiger partial charge in [-0.2, -0.15) is 0 Å². The van der Waals surface area contributed by atoms with Gasteiger partial charge in [0.15, 0.2) is 0 Å². The second-order valence-electron chi connectivity index (χ2n) is 6.44. The van der Waals surface area contributed by atoms with Crippen LogP contribution in [0.2, 0.25) is 0 Å². The van der Waals surface area contributed by atoms with Gasteiger partial charge < -0.3 is 14.7 Å². The van der Waals surface area contributed by atoms with Crippen LogP contribution >= 0.6 is 0 Å². The van der Waals surface area contributed by atoms with Crippen molar-refractivity contribution in [1.29, 1.82) is 0 Å². The minimum absolute atomic E-state index is 0.0324. The summed E-state index contributed by atoms with van der Waals surface area (Å²) in [6.45, 7) is 8.80. The number of morpholine rings is 1. The lowest BCUT2D eigenvalue weighted by molar-refractivity contribution is -0.151. The monoisotopic (exact) mass is 291 g/mol. The Hall–Kier alpha value is -1.39. The summed E-state index contributed by atoms with van der Waals surface area (Å²) in [6, 6.07) is 8.13. The van der Waals surface area contributed by atoms with Crippen molar-refractivity contribution in [2.24, 2.45) is 0 Å². The third-order valence-electron chi connectivity index (χ3n) is 4.28. The maximum Gasteiger partial charge on any atom is 0.233 e. The lowest BCUT2D eigenvalue weighted by atomic mass is 9.82. The Morgan fingerprint density at radius 3 is 2.57 bits per heavy atom. The molecule has 1 amide bonds. The molecule has 116 valence electrons. The average molecular weight is 291 g/mol. The fraction of sp³-hybridized carbons (Fsp3) is 0.588. The van der Waals surface area contributed by atoms with Crippen molar-refractivity contribution in [3.63, 3.8) is 0 Å². The Kier molecular flexibility index (Phi) is 4.69. The maximum absolute atomic E-state index is 13.0. The van der Waals surface area contributed by atoms with Gasteiger partial charge in [-0.3, -0.25) is 4.79 Å². The van der Waals surface area contributed by atoms with Gasteiger partial charge in [-0.1, -0.05) is 29.8 Å². The molecule has 2 rings (SSSR count). The summed E-state index contributed by atoms with van der Waals surface area (Å²) in [5, 5.41) is 9.26. The van der Waals surface area contributed by atoms with E-state index in [-0.39, 0.29) is 24.7 Å². The van der Waals surface area contributed by atoms with Gasteiger partial charge in [-0.15, -0.1) is 0 Å². The van der Waals surface area contributed by atoms with Crippen LogP contribution in [-0.4, -0.2) is 47.8 Å². The van der Waals surface area contributed by atoms with Crippen molar-refractivity contribution in [3.8, 4) is 0 Å². The first-order chi connectivity index (χ1) is 9.86. The van der Waals surface area contributed by atoms with Crippen molar-refractivity contribution in [3.05, 3.63) is 35.4 Å². The van der Waals surface area contributed by atoms with Crippen LogP contribution in [0.25, 0.3) is 0 Å². The van der Waals surface area contributed by atoms with Crippen LogP contribution in [0.3, 0.4) is 0 Å². The van der Waals surface area contributed by atoms with Crippen LogP contribution in [0.1, 0.15) is 31.9 Å². The van der Waals surface area contributed by atoms with Gasteiger partial charge >= 0.3 is 0 Å². The summed E-state index contributed by atoms with van der Waals surface area (Å²) in [5.41, 5.74) is 1.61. The third kappa shape index (κ3) is 3.27. The van der Waals surface area contributed by atoms with Gasteiger partial charge in [0.1, 0.15) is 0 Å². The molecule has 0 radical (unpaired) electrons. The number of carbonyl (C=O) groups excluding carboxylic acids is 1. The highest BCUT2D eigenvalue weighted by Gasteiger charge is 2.38. The van der Waals surface area contributed by atoms with E-state index >= 15 is 0 Å². The molecular weight excluding hydrogens is 266 g/mol. The number of benzene rings is 1. The summed E-state index contributed by atoms with van der Waals surface area (Å²) in [5.74, 6) is 0.0839. The van der Waals surface area contributed by atoms with Crippen molar-refractivity contribution >= 4 is 5.91 Å². The van der Waals surface area contributed by atoms with Crippen LogP contribution < -0.4 is 0 Å². The number of hydrogen-bond donors (Lipinski definition) is 1. The van der Waals surface area contributed by atoms with E-state index in [0.717, 1.165) is 5.56 Å². The van der Waals surface area contributed by atoms with Gasteiger partial charge in [0.05, 0.1) is 30.8 Å². The molecule has 1 heterocycles. The zero-order valence-electron chi connectivity index (χ0n) is 13.3. The van der Waals surface area contributed by atoms with Gasteiger partial charge in [0.25, 0.3) is 0 Å². The number of nitrogens with zero attached hydrogens (tertiary/aromatic N) is 1. The Bertz CT molecular complexity index is 495. The lowest BCUT2D eigenvalue weighted by Gasteiger charge is -2.41. The lowest BCUT2D eigenvalue weighted by Crippen LogP contribution is -2.56. The molecule has 4 nitrogen and oxygen atoms in total. The van der Waals surface area contributed by atoms with E-state index in [0.29, 0.717) is 13.2 Å². The standard InChI is InChI=1S/C17H25NO3/c1-12-5-7-14(8-6-12)17(3,4)16(20)18-9-15(10-19)21-11-13(18)2/h5-8,13,15,19H,9-11H2,1-4H3. The zero-order chi connectivity index (χ0) is 15.6. The number of ether oxygens (including phenoxy) is 1. The van der Waals surface area contributed by atoms with Crippen molar-refractivity contribution < 1.29 is 14.6 Å². The molecule has 0 saturated carbocycles. The van der Waals surface area contributed by atoms with Gasteiger partial charge in [-0.25, -0.2) is 0 Å². The number of hydrogen-bond acceptors (Lipinski definition) is 3. The van der Waals surface area contributed by atoms with Crippen LogP contribution in [-0.2, 0) is 14.9 Å². The van der Waals surface area contributed by atoms with Crippen molar-refractivity contribution in [2.45, 2.75) is 45.3 Å². The van der Waals surface area contributed by atoms with E-state index in [1.807, 2.05) is 56.9 Å². The molecule has 0 aromatic heterocycles. The average Bonchev–Trinajstić information content (AvgIpc) is 2.47. The van der Waals surface area contributed by atoms with Crippen molar-refractivity contribution in [1.82, 2.24) is 4.90 Å². The van der Waals surface area contributed by atoms with E-state index in [1.54, 1.807) is 0 Å². The third-order valence-corrected chi connectivity index (χ3v) is 4.28. The molecular formula is C17H25NO3. The van der Waals surface area contributed by atoms with Crippen LogP contribution in [0, 0.1) is 6.92 Å². The minimum atomic E-state index is -0.584. The highest BCUT2D eigenvalue weighted by Crippen LogP contribution is 2.28. The number of rotatable bonds is 3. The summed E-state index contributed by atoms with van der Waals surface area (Å²) in [4.78, 5) is 14.8. The highest BCUT2D eigenvalue weighted by molar-refractivity contribution is 5.87. The molecule has 1 saturated heterocycles. The predicted molar refractivity (Wildman–Crippen MR) is 82.2 cm³/mol. The summed E-state index contributed by atoms with van der Waals surface area (Å²) >= 11 is 0. The smallest absolute Gasteiger partial charge is 0.233 e. The SMILES string of the molecule is Cc1ccc(C(C)(C)C(=O)N2CC(CO)OCC2C)cc1. The van der Waals surface area contributed by atoms with E-state index in [1.165, 1.54) is 5.56 Å². The fourth-order valence-corrected chi connectivity index (χ4v) is 2.66. The Morgan fingerprint density at radius 1 is 1.38 bits per heavy atom. The fourth-order valence-electron chi connectivity index (χ4n) is 2.66. The molecule has 2 atom stereocenters. The van der Waals surface area contributed by atoms with E-state index < -0.39 is 5.41 Å². The Labute approximate surface area is 126 Å². The predicted octanol–water partition coefficient (Wildman–Crippen LogP) is 1.88. The topological polar surface area (TPSA) is 49.8 Å². The van der Waals surface area contributed by atoms with E-state index in [2.05, 4.69) is 0 Å². The van der Waals surface area contributed by atoms with Crippen LogP contribution in [0.5, 0.6) is 0 Å². The molecule has 2 unspecified atom stereocenters.